The topological polar surface area (TPSA) is 55.3 Å². The fourth-order valence-corrected chi connectivity index (χ4v) is 2.59. The Hall–Kier alpha value is -2.17. The zero-order chi connectivity index (χ0) is 13.9. The lowest BCUT2D eigenvalue weighted by atomic mass is 10.2. The van der Waals surface area contributed by atoms with E-state index in [4.69, 9.17) is 4.74 Å². The van der Waals surface area contributed by atoms with Crippen LogP contribution in [0.15, 0.2) is 30.5 Å². The number of para-hydroxylation sites is 1. The Morgan fingerprint density at radius 3 is 3.15 bits per heavy atom. The average Bonchev–Trinajstić information content (AvgIpc) is 2.96. The third-order valence-electron chi connectivity index (χ3n) is 3.54. The number of rotatable bonds is 3. The predicted octanol–water partition coefficient (Wildman–Crippen LogP) is 2.16. The predicted molar refractivity (Wildman–Crippen MR) is 76.5 cm³/mol. The van der Waals surface area contributed by atoms with E-state index in [9.17, 15) is 4.79 Å². The summed E-state index contributed by atoms with van der Waals surface area (Å²) >= 11 is 0. The smallest absolute Gasteiger partial charge is 0.328 e. The number of benzene rings is 1. The second kappa shape index (κ2) is 5.45. The molecule has 0 saturated carbocycles. The molecule has 2 aromatic rings. The molecular formula is C15H17N3O2. The maximum absolute atomic E-state index is 12.0. The number of fused-ring (bicyclic) bond motifs is 1. The number of esters is 1. The van der Waals surface area contributed by atoms with Crippen LogP contribution in [0.2, 0.25) is 0 Å². The zero-order valence-corrected chi connectivity index (χ0v) is 11.5. The Morgan fingerprint density at radius 2 is 2.30 bits per heavy atom. The summed E-state index contributed by atoms with van der Waals surface area (Å²) in [6.45, 7) is 3.02. The van der Waals surface area contributed by atoms with E-state index in [1.165, 1.54) is 0 Å². The molecule has 3 rings (SSSR count). The first-order valence-electron chi connectivity index (χ1n) is 6.94. The van der Waals surface area contributed by atoms with Gasteiger partial charge in [-0.2, -0.15) is 0 Å². The molecule has 1 aliphatic heterocycles. The van der Waals surface area contributed by atoms with Crippen molar-refractivity contribution >= 4 is 22.8 Å². The fourth-order valence-electron chi connectivity index (χ4n) is 2.59. The molecule has 20 heavy (non-hydrogen) atoms. The molecule has 1 aromatic carbocycles. The molecule has 1 aliphatic rings. The van der Waals surface area contributed by atoms with Crippen molar-refractivity contribution in [3.63, 3.8) is 0 Å². The SMILES string of the molecule is CCOC(=O)C1CCCN1c1ncc2ccccc2n1. The van der Waals surface area contributed by atoms with Crippen LogP contribution in [-0.4, -0.2) is 35.1 Å². The normalized spacial score (nSPS) is 18.4. The number of carbonyl (C=O) groups excluding carboxylic acids is 1. The van der Waals surface area contributed by atoms with Gasteiger partial charge in [-0.1, -0.05) is 18.2 Å². The fraction of sp³-hybridized carbons (Fsp3) is 0.400. The Balaban J connectivity index is 1.91. The van der Waals surface area contributed by atoms with Crippen molar-refractivity contribution in [1.29, 1.82) is 0 Å². The van der Waals surface area contributed by atoms with Gasteiger partial charge in [0.05, 0.1) is 12.1 Å². The summed E-state index contributed by atoms with van der Waals surface area (Å²) in [5, 5.41) is 1.00. The number of hydrogen-bond acceptors (Lipinski definition) is 5. The second-order valence-electron chi connectivity index (χ2n) is 4.83. The van der Waals surface area contributed by atoms with Gasteiger partial charge in [-0.15, -0.1) is 0 Å². The summed E-state index contributed by atoms with van der Waals surface area (Å²) in [4.78, 5) is 22.9. The lowest BCUT2D eigenvalue weighted by molar-refractivity contribution is -0.144. The Kier molecular flexibility index (Phi) is 3.50. The molecule has 1 aromatic heterocycles. The van der Waals surface area contributed by atoms with Crippen molar-refractivity contribution < 1.29 is 9.53 Å². The summed E-state index contributed by atoms with van der Waals surface area (Å²) in [7, 11) is 0. The molecule has 1 fully saturated rings. The number of hydrogen-bond donors (Lipinski definition) is 0. The van der Waals surface area contributed by atoms with Crippen LogP contribution in [0.3, 0.4) is 0 Å². The summed E-state index contributed by atoms with van der Waals surface area (Å²) in [5.41, 5.74) is 0.895. The first kappa shape index (κ1) is 12.8. The maximum Gasteiger partial charge on any atom is 0.328 e. The number of anilines is 1. The average molecular weight is 271 g/mol. The molecule has 104 valence electrons. The van der Waals surface area contributed by atoms with Crippen LogP contribution in [0, 0.1) is 0 Å². The number of ether oxygens (including phenoxy) is 1. The minimum absolute atomic E-state index is 0.179. The summed E-state index contributed by atoms with van der Waals surface area (Å²) < 4.78 is 5.13. The van der Waals surface area contributed by atoms with Gasteiger partial charge in [0.1, 0.15) is 6.04 Å². The molecule has 0 spiro atoms. The van der Waals surface area contributed by atoms with Gasteiger partial charge in [0.2, 0.25) is 5.95 Å². The molecule has 1 atom stereocenters. The zero-order valence-electron chi connectivity index (χ0n) is 11.5. The molecule has 0 bridgehead atoms. The van der Waals surface area contributed by atoms with Crippen molar-refractivity contribution in [1.82, 2.24) is 9.97 Å². The van der Waals surface area contributed by atoms with Crippen LogP contribution in [-0.2, 0) is 9.53 Å². The van der Waals surface area contributed by atoms with Crippen molar-refractivity contribution in [2.45, 2.75) is 25.8 Å². The van der Waals surface area contributed by atoms with E-state index in [1.807, 2.05) is 36.1 Å². The molecule has 5 nitrogen and oxygen atoms in total. The number of aromatic nitrogens is 2. The van der Waals surface area contributed by atoms with Gasteiger partial charge in [0.25, 0.3) is 0 Å². The van der Waals surface area contributed by atoms with Crippen LogP contribution in [0.4, 0.5) is 5.95 Å². The third-order valence-corrected chi connectivity index (χ3v) is 3.54. The highest BCUT2D eigenvalue weighted by atomic mass is 16.5. The first-order valence-corrected chi connectivity index (χ1v) is 6.94. The Bertz CT molecular complexity index is 629. The van der Waals surface area contributed by atoms with Gasteiger partial charge >= 0.3 is 5.97 Å². The van der Waals surface area contributed by atoms with Crippen LogP contribution < -0.4 is 4.90 Å². The van der Waals surface area contributed by atoms with E-state index >= 15 is 0 Å². The van der Waals surface area contributed by atoms with Crippen molar-refractivity contribution in [2.75, 3.05) is 18.1 Å². The summed E-state index contributed by atoms with van der Waals surface area (Å²) in [6.07, 6.45) is 3.56. The van der Waals surface area contributed by atoms with Gasteiger partial charge < -0.3 is 9.64 Å². The monoisotopic (exact) mass is 271 g/mol. The summed E-state index contributed by atoms with van der Waals surface area (Å²) in [5.74, 6) is 0.431. The van der Waals surface area contributed by atoms with E-state index in [2.05, 4.69) is 9.97 Å². The molecule has 5 heteroatoms. The van der Waals surface area contributed by atoms with Crippen molar-refractivity contribution in [2.24, 2.45) is 0 Å². The lowest BCUT2D eigenvalue weighted by Crippen LogP contribution is -2.38. The van der Waals surface area contributed by atoms with E-state index in [0.29, 0.717) is 12.6 Å². The molecule has 1 unspecified atom stereocenters. The van der Waals surface area contributed by atoms with E-state index in [-0.39, 0.29) is 12.0 Å². The molecule has 0 amide bonds. The van der Waals surface area contributed by atoms with Gasteiger partial charge in [0.15, 0.2) is 0 Å². The van der Waals surface area contributed by atoms with Crippen LogP contribution >= 0.6 is 0 Å². The molecule has 0 N–H and O–H groups in total. The number of nitrogens with zero attached hydrogens (tertiary/aromatic N) is 3. The van der Waals surface area contributed by atoms with E-state index < -0.39 is 0 Å². The Labute approximate surface area is 117 Å². The van der Waals surface area contributed by atoms with Crippen LogP contribution in [0.25, 0.3) is 10.9 Å². The van der Waals surface area contributed by atoms with Crippen molar-refractivity contribution in [3.8, 4) is 0 Å². The minimum Gasteiger partial charge on any atom is -0.464 e. The van der Waals surface area contributed by atoms with E-state index in [0.717, 1.165) is 30.3 Å². The molecular weight excluding hydrogens is 254 g/mol. The first-order chi connectivity index (χ1) is 9.79. The Morgan fingerprint density at radius 1 is 1.45 bits per heavy atom. The molecule has 2 heterocycles. The van der Waals surface area contributed by atoms with Gasteiger partial charge in [-0.05, 0) is 25.8 Å². The lowest BCUT2D eigenvalue weighted by Gasteiger charge is -2.23. The molecule has 1 saturated heterocycles. The van der Waals surface area contributed by atoms with Crippen LogP contribution in [0.5, 0.6) is 0 Å². The quantitative estimate of drug-likeness (QED) is 0.801. The van der Waals surface area contributed by atoms with Gasteiger partial charge in [-0.25, -0.2) is 14.8 Å². The van der Waals surface area contributed by atoms with E-state index in [1.54, 1.807) is 6.20 Å². The molecule has 0 aliphatic carbocycles. The molecule has 0 radical (unpaired) electrons. The highest BCUT2D eigenvalue weighted by Gasteiger charge is 2.33. The second-order valence-corrected chi connectivity index (χ2v) is 4.83. The van der Waals surface area contributed by atoms with Gasteiger partial charge in [0, 0.05) is 18.1 Å². The third kappa shape index (κ3) is 2.31. The van der Waals surface area contributed by atoms with Crippen LogP contribution in [0.1, 0.15) is 19.8 Å². The summed E-state index contributed by atoms with van der Waals surface area (Å²) in [6, 6.07) is 7.59. The highest BCUT2D eigenvalue weighted by molar-refractivity contribution is 5.82. The van der Waals surface area contributed by atoms with Gasteiger partial charge in [-0.3, -0.25) is 0 Å². The van der Waals surface area contributed by atoms with Crippen molar-refractivity contribution in [3.05, 3.63) is 30.5 Å². The highest BCUT2D eigenvalue weighted by Crippen LogP contribution is 2.24. The maximum atomic E-state index is 12.0. The minimum atomic E-state index is -0.254. The standard InChI is InChI=1S/C15H17N3O2/c1-2-20-14(19)13-8-5-9-18(13)15-16-10-11-6-3-4-7-12(11)17-15/h3-4,6-7,10,13H,2,5,8-9H2,1H3. The number of carbonyl (C=O) groups is 1. The largest absolute Gasteiger partial charge is 0.464 e.